The van der Waals surface area contributed by atoms with Gasteiger partial charge in [0, 0.05) is 59.8 Å². The number of carbonyl (C=O) groups is 1. The molecule has 1 aliphatic rings. The quantitative estimate of drug-likeness (QED) is 0.156. The molecular weight excluding hydrogens is 544 g/mol. The zero-order valence-electron chi connectivity index (χ0n) is 25.8. The molecule has 0 saturated heterocycles. The average Bonchev–Trinajstić information content (AvgIpc) is 3.38. The van der Waals surface area contributed by atoms with Crippen molar-refractivity contribution in [3.05, 3.63) is 132 Å². The zero-order valence-corrected chi connectivity index (χ0v) is 25.8. The number of hydrogen-bond acceptors (Lipinski definition) is 6. The summed E-state index contributed by atoms with van der Waals surface area (Å²) in [5, 5.41) is 0. The van der Waals surface area contributed by atoms with Crippen LogP contribution in [0.1, 0.15) is 55.0 Å². The van der Waals surface area contributed by atoms with Gasteiger partial charge in [0.05, 0.1) is 11.4 Å². The van der Waals surface area contributed by atoms with Crippen LogP contribution in [0.15, 0.2) is 109 Å². The molecule has 1 aromatic heterocycles. The van der Waals surface area contributed by atoms with Crippen LogP contribution in [0.4, 0.5) is 11.4 Å². The van der Waals surface area contributed by atoms with Crippen molar-refractivity contribution >= 4 is 17.3 Å². The van der Waals surface area contributed by atoms with Gasteiger partial charge in [-0.1, -0.05) is 84.9 Å². The molecule has 6 nitrogen and oxygen atoms in total. The number of cyclic esters (lactones) is 1. The van der Waals surface area contributed by atoms with Crippen LogP contribution in [0.25, 0.3) is 22.5 Å². The molecule has 0 N–H and O–H groups in total. The number of aromatic nitrogens is 2. The van der Waals surface area contributed by atoms with Crippen LogP contribution in [0, 0.1) is 0 Å². The van der Waals surface area contributed by atoms with Crippen molar-refractivity contribution in [2.24, 2.45) is 0 Å². The maximum absolute atomic E-state index is 13.9. The molecule has 0 unspecified atom stereocenters. The summed E-state index contributed by atoms with van der Waals surface area (Å²) >= 11 is 0. The van der Waals surface area contributed by atoms with E-state index in [1.54, 1.807) is 0 Å². The van der Waals surface area contributed by atoms with E-state index in [1.165, 1.54) is 0 Å². The first-order chi connectivity index (χ1) is 21.5. The molecule has 44 heavy (non-hydrogen) atoms. The van der Waals surface area contributed by atoms with Crippen molar-refractivity contribution in [3.63, 3.8) is 0 Å². The summed E-state index contributed by atoms with van der Waals surface area (Å²) in [5.41, 5.74) is 6.54. The smallest absolute Gasteiger partial charge is 0.360 e. The third kappa shape index (κ3) is 5.00. The standard InChI is InChI=1S/C38H38N4O2/c1-5-41(6-2)31-23-19-29(20-24-31)38(30-21-25-32(26-22-30)42(7-3)8-4)36-35(37(43)44-38)39-33(27-15-11-9-12-16-27)34(40-36)28-17-13-10-14-18-28/h9-26H,5-8H2,1-4H3. The zero-order chi connectivity index (χ0) is 30.7. The summed E-state index contributed by atoms with van der Waals surface area (Å²) in [5.74, 6) is -0.482. The Labute approximate surface area is 260 Å². The highest BCUT2D eigenvalue weighted by molar-refractivity contribution is 5.95. The lowest BCUT2D eigenvalue weighted by Crippen LogP contribution is -2.31. The molecule has 0 atom stereocenters. The third-order valence-electron chi connectivity index (χ3n) is 8.57. The van der Waals surface area contributed by atoms with E-state index in [-0.39, 0.29) is 5.69 Å². The Morgan fingerprint density at radius 1 is 0.545 bits per heavy atom. The lowest BCUT2D eigenvalue weighted by atomic mass is 9.83. The molecule has 0 amide bonds. The maximum Gasteiger partial charge on any atom is 0.360 e. The van der Waals surface area contributed by atoms with Crippen molar-refractivity contribution in [2.75, 3.05) is 36.0 Å². The minimum absolute atomic E-state index is 0.240. The molecule has 0 aliphatic carbocycles. The molecule has 0 fully saturated rings. The molecule has 4 aromatic carbocycles. The number of rotatable bonds is 10. The van der Waals surface area contributed by atoms with E-state index in [0.717, 1.165) is 59.8 Å². The van der Waals surface area contributed by atoms with Gasteiger partial charge in [-0.3, -0.25) is 0 Å². The molecule has 0 spiro atoms. The van der Waals surface area contributed by atoms with E-state index in [9.17, 15) is 4.79 Å². The summed E-state index contributed by atoms with van der Waals surface area (Å²) in [6, 6.07) is 36.6. The number of carbonyl (C=O) groups excluding carboxylic acids is 1. The van der Waals surface area contributed by atoms with Gasteiger partial charge in [-0.05, 0) is 52.0 Å². The largest absolute Gasteiger partial charge is 0.438 e. The lowest BCUT2D eigenvalue weighted by Gasteiger charge is -2.31. The second-order valence-corrected chi connectivity index (χ2v) is 10.9. The Bertz CT molecular complexity index is 1670. The molecule has 0 radical (unpaired) electrons. The van der Waals surface area contributed by atoms with Gasteiger partial charge in [-0.25, -0.2) is 14.8 Å². The fourth-order valence-corrected chi connectivity index (χ4v) is 6.20. The monoisotopic (exact) mass is 582 g/mol. The minimum Gasteiger partial charge on any atom is -0.438 e. The average molecular weight is 583 g/mol. The summed E-state index contributed by atoms with van der Waals surface area (Å²) in [4.78, 5) is 28.8. The van der Waals surface area contributed by atoms with Crippen LogP contribution in [-0.2, 0) is 10.3 Å². The lowest BCUT2D eigenvalue weighted by molar-refractivity contribution is 0.0241. The predicted molar refractivity (Wildman–Crippen MR) is 178 cm³/mol. The summed E-state index contributed by atoms with van der Waals surface area (Å²) in [6.45, 7) is 12.2. The number of nitrogens with zero attached hydrogens (tertiary/aromatic N) is 4. The Hall–Kier alpha value is -4.97. The first kappa shape index (κ1) is 29.1. The summed E-state index contributed by atoms with van der Waals surface area (Å²) < 4.78 is 6.49. The fourth-order valence-electron chi connectivity index (χ4n) is 6.20. The van der Waals surface area contributed by atoms with Gasteiger partial charge < -0.3 is 14.5 Å². The van der Waals surface area contributed by atoms with Gasteiger partial charge in [0.15, 0.2) is 5.69 Å². The predicted octanol–water partition coefficient (Wildman–Crippen LogP) is 7.97. The number of fused-ring (bicyclic) bond motifs is 1. The SMILES string of the molecule is CCN(CC)c1ccc(C2(c3ccc(N(CC)CC)cc3)OC(=O)c3nc(-c4ccccc4)c(-c4ccccc4)nc32)cc1. The van der Waals surface area contributed by atoms with E-state index in [4.69, 9.17) is 14.7 Å². The molecule has 0 bridgehead atoms. The summed E-state index contributed by atoms with van der Waals surface area (Å²) in [6.07, 6.45) is 0. The third-order valence-corrected chi connectivity index (χ3v) is 8.57. The van der Waals surface area contributed by atoms with Gasteiger partial charge in [0.2, 0.25) is 5.60 Å². The van der Waals surface area contributed by atoms with Crippen LogP contribution >= 0.6 is 0 Å². The van der Waals surface area contributed by atoms with Gasteiger partial charge in [-0.15, -0.1) is 0 Å². The van der Waals surface area contributed by atoms with Crippen LogP contribution in [0.3, 0.4) is 0 Å². The fraction of sp³-hybridized carbons (Fsp3) is 0.237. The highest BCUT2D eigenvalue weighted by Crippen LogP contribution is 2.48. The van der Waals surface area contributed by atoms with Gasteiger partial charge in [-0.2, -0.15) is 0 Å². The Balaban J connectivity index is 1.61. The van der Waals surface area contributed by atoms with Crippen molar-refractivity contribution in [2.45, 2.75) is 33.3 Å². The van der Waals surface area contributed by atoms with Crippen molar-refractivity contribution in [1.82, 2.24) is 9.97 Å². The molecule has 222 valence electrons. The molecule has 2 heterocycles. The highest BCUT2D eigenvalue weighted by atomic mass is 16.6. The number of esters is 1. The van der Waals surface area contributed by atoms with E-state index < -0.39 is 11.6 Å². The topological polar surface area (TPSA) is 58.6 Å². The summed E-state index contributed by atoms with van der Waals surface area (Å²) in [7, 11) is 0. The van der Waals surface area contributed by atoms with E-state index in [0.29, 0.717) is 17.1 Å². The first-order valence-corrected chi connectivity index (χ1v) is 15.5. The van der Waals surface area contributed by atoms with Crippen molar-refractivity contribution in [3.8, 4) is 22.5 Å². The van der Waals surface area contributed by atoms with Crippen LogP contribution in [0.5, 0.6) is 0 Å². The van der Waals surface area contributed by atoms with E-state index >= 15 is 0 Å². The van der Waals surface area contributed by atoms with Gasteiger partial charge >= 0.3 is 5.97 Å². The first-order valence-electron chi connectivity index (χ1n) is 15.5. The van der Waals surface area contributed by atoms with E-state index in [2.05, 4.69) is 86.0 Å². The normalized spacial score (nSPS) is 13.3. The number of ether oxygens (including phenoxy) is 1. The number of benzene rings is 4. The second-order valence-electron chi connectivity index (χ2n) is 10.9. The molecule has 1 aliphatic heterocycles. The number of hydrogen-bond donors (Lipinski definition) is 0. The second kappa shape index (κ2) is 12.3. The Kier molecular flexibility index (Phi) is 8.16. The maximum atomic E-state index is 13.9. The molecule has 5 aromatic rings. The molecule has 6 rings (SSSR count). The molecular formula is C38H38N4O2. The Morgan fingerprint density at radius 2 is 0.955 bits per heavy atom. The van der Waals surface area contributed by atoms with Gasteiger partial charge in [0.25, 0.3) is 0 Å². The minimum atomic E-state index is -1.26. The molecule has 0 saturated carbocycles. The van der Waals surface area contributed by atoms with Crippen LogP contribution < -0.4 is 9.80 Å². The van der Waals surface area contributed by atoms with Gasteiger partial charge in [0.1, 0.15) is 5.69 Å². The Morgan fingerprint density at radius 3 is 1.36 bits per heavy atom. The molecule has 6 heteroatoms. The van der Waals surface area contributed by atoms with Crippen molar-refractivity contribution in [1.29, 1.82) is 0 Å². The highest BCUT2D eigenvalue weighted by Gasteiger charge is 2.52. The van der Waals surface area contributed by atoms with Crippen molar-refractivity contribution < 1.29 is 9.53 Å². The van der Waals surface area contributed by atoms with Crippen LogP contribution in [-0.4, -0.2) is 42.1 Å². The number of anilines is 2. The van der Waals surface area contributed by atoms with Crippen LogP contribution in [0.2, 0.25) is 0 Å². The van der Waals surface area contributed by atoms with E-state index in [1.807, 2.05) is 60.7 Å².